The number of benzene rings is 3. The van der Waals surface area contributed by atoms with Crippen LogP contribution in [0, 0.1) is 0 Å². The summed E-state index contributed by atoms with van der Waals surface area (Å²) >= 11 is 0. The van der Waals surface area contributed by atoms with Crippen molar-refractivity contribution in [3.63, 3.8) is 0 Å². The Labute approximate surface area is 146 Å². The van der Waals surface area contributed by atoms with Crippen molar-refractivity contribution < 1.29 is 19.4 Å². The Morgan fingerprint density at radius 2 is 1.36 bits per heavy atom. The van der Waals surface area contributed by atoms with E-state index in [-0.39, 0.29) is 5.56 Å². The molecular formula is C21H18O4. The fraction of sp³-hybridized carbons (Fsp3) is 0.0952. The minimum absolute atomic E-state index is 0.244. The molecule has 0 bridgehead atoms. The molecule has 0 aromatic heterocycles. The van der Waals surface area contributed by atoms with Crippen molar-refractivity contribution in [3.05, 3.63) is 72.3 Å². The first kappa shape index (κ1) is 16.6. The molecule has 0 atom stereocenters. The summed E-state index contributed by atoms with van der Waals surface area (Å²) in [5.41, 5.74) is 3.40. The fourth-order valence-electron chi connectivity index (χ4n) is 2.85. The van der Waals surface area contributed by atoms with Gasteiger partial charge in [0.1, 0.15) is 11.5 Å². The molecule has 1 N–H and O–H groups in total. The van der Waals surface area contributed by atoms with E-state index in [4.69, 9.17) is 9.47 Å². The van der Waals surface area contributed by atoms with Gasteiger partial charge in [-0.05, 0) is 47.0 Å². The van der Waals surface area contributed by atoms with Gasteiger partial charge in [-0.15, -0.1) is 0 Å². The molecule has 126 valence electrons. The lowest BCUT2D eigenvalue weighted by molar-refractivity contribution is 0.0697. The van der Waals surface area contributed by atoms with Crippen LogP contribution in [0.4, 0.5) is 0 Å². The van der Waals surface area contributed by atoms with Crippen LogP contribution in [0.25, 0.3) is 22.3 Å². The summed E-state index contributed by atoms with van der Waals surface area (Å²) in [6.45, 7) is 0. The molecule has 3 rings (SSSR count). The lowest BCUT2D eigenvalue weighted by atomic mass is 9.90. The van der Waals surface area contributed by atoms with Crippen LogP contribution >= 0.6 is 0 Å². The van der Waals surface area contributed by atoms with Gasteiger partial charge in [0.15, 0.2) is 0 Å². The minimum atomic E-state index is -0.970. The largest absolute Gasteiger partial charge is 0.497 e. The van der Waals surface area contributed by atoms with Gasteiger partial charge in [0, 0.05) is 5.56 Å². The minimum Gasteiger partial charge on any atom is -0.497 e. The molecule has 0 spiro atoms. The Morgan fingerprint density at radius 3 is 1.96 bits per heavy atom. The number of ether oxygens (including phenoxy) is 2. The van der Waals surface area contributed by atoms with Crippen LogP contribution in [0.3, 0.4) is 0 Å². The zero-order valence-electron chi connectivity index (χ0n) is 14.0. The van der Waals surface area contributed by atoms with E-state index in [2.05, 4.69) is 0 Å². The molecule has 25 heavy (non-hydrogen) atoms. The highest BCUT2D eigenvalue weighted by atomic mass is 16.5. The monoisotopic (exact) mass is 334 g/mol. The molecule has 0 aliphatic carbocycles. The van der Waals surface area contributed by atoms with Gasteiger partial charge in [0.2, 0.25) is 0 Å². The molecule has 0 saturated heterocycles. The number of aromatic carboxylic acids is 1. The first-order valence-corrected chi connectivity index (χ1v) is 7.79. The van der Waals surface area contributed by atoms with Crippen molar-refractivity contribution >= 4 is 5.97 Å². The number of rotatable bonds is 5. The molecular weight excluding hydrogens is 316 g/mol. The summed E-state index contributed by atoms with van der Waals surface area (Å²) in [6.07, 6.45) is 0. The topological polar surface area (TPSA) is 55.8 Å². The van der Waals surface area contributed by atoms with Crippen molar-refractivity contribution in [1.29, 1.82) is 0 Å². The summed E-state index contributed by atoms with van der Waals surface area (Å²) in [5, 5.41) is 9.67. The molecule has 0 saturated carbocycles. The second-order valence-electron chi connectivity index (χ2n) is 5.50. The Kier molecular flexibility index (Phi) is 4.70. The van der Waals surface area contributed by atoms with Gasteiger partial charge in [0.25, 0.3) is 0 Å². The third-order valence-electron chi connectivity index (χ3n) is 4.03. The average molecular weight is 334 g/mol. The van der Waals surface area contributed by atoms with E-state index in [1.165, 1.54) is 0 Å². The molecule has 0 unspecified atom stereocenters. The third kappa shape index (κ3) is 3.33. The third-order valence-corrected chi connectivity index (χ3v) is 4.03. The molecule has 0 radical (unpaired) electrons. The second kappa shape index (κ2) is 7.09. The maximum atomic E-state index is 11.8. The van der Waals surface area contributed by atoms with E-state index in [0.29, 0.717) is 11.3 Å². The highest BCUT2D eigenvalue weighted by Crippen LogP contribution is 2.37. The molecule has 0 amide bonds. The van der Waals surface area contributed by atoms with Crippen molar-refractivity contribution in [3.8, 4) is 33.8 Å². The van der Waals surface area contributed by atoms with E-state index in [1.807, 2.05) is 54.6 Å². The SMILES string of the molecule is COc1cccc(-c2cccc(C(=O)O)c2-c2cccc(OC)c2)c1. The Hall–Kier alpha value is -3.27. The summed E-state index contributed by atoms with van der Waals surface area (Å²) in [4.78, 5) is 11.8. The first-order valence-electron chi connectivity index (χ1n) is 7.79. The number of hydrogen-bond acceptors (Lipinski definition) is 3. The van der Waals surface area contributed by atoms with Crippen molar-refractivity contribution in [2.24, 2.45) is 0 Å². The van der Waals surface area contributed by atoms with Gasteiger partial charge < -0.3 is 14.6 Å². The van der Waals surface area contributed by atoms with Gasteiger partial charge >= 0.3 is 5.97 Å². The Balaban J connectivity index is 2.28. The molecule has 0 heterocycles. The van der Waals surface area contributed by atoms with Gasteiger partial charge in [-0.2, -0.15) is 0 Å². The van der Waals surface area contributed by atoms with E-state index in [1.54, 1.807) is 26.4 Å². The average Bonchev–Trinajstić information content (AvgIpc) is 2.67. The molecule has 3 aromatic rings. The second-order valence-corrected chi connectivity index (χ2v) is 5.50. The van der Waals surface area contributed by atoms with E-state index >= 15 is 0 Å². The molecule has 0 aliphatic heterocycles. The molecule has 0 fully saturated rings. The molecule has 3 aromatic carbocycles. The van der Waals surface area contributed by atoms with Crippen LogP contribution in [0.1, 0.15) is 10.4 Å². The zero-order valence-corrected chi connectivity index (χ0v) is 14.0. The Morgan fingerprint density at radius 1 is 0.800 bits per heavy atom. The summed E-state index contributed by atoms with van der Waals surface area (Å²) in [5.74, 6) is 0.423. The van der Waals surface area contributed by atoms with Crippen molar-refractivity contribution in [1.82, 2.24) is 0 Å². The maximum Gasteiger partial charge on any atom is 0.336 e. The summed E-state index contributed by atoms with van der Waals surface area (Å²) in [7, 11) is 3.20. The van der Waals surface area contributed by atoms with Crippen LogP contribution in [0.5, 0.6) is 11.5 Å². The quantitative estimate of drug-likeness (QED) is 0.732. The van der Waals surface area contributed by atoms with Gasteiger partial charge in [-0.25, -0.2) is 4.79 Å². The smallest absolute Gasteiger partial charge is 0.336 e. The molecule has 4 nitrogen and oxygen atoms in total. The highest BCUT2D eigenvalue weighted by Gasteiger charge is 2.17. The van der Waals surface area contributed by atoms with Crippen molar-refractivity contribution in [2.75, 3.05) is 14.2 Å². The standard InChI is InChI=1S/C21H18O4/c1-24-16-8-3-6-14(12-16)18-10-5-11-19(21(22)23)20(18)15-7-4-9-17(13-15)25-2/h3-13H,1-2H3,(H,22,23). The zero-order chi connectivity index (χ0) is 17.8. The van der Waals surface area contributed by atoms with E-state index < -0.39 is 5.97 Å². The number of carboxylic acids is 1. The van der Waals surface area contributed by atoms with Crippen LogP contribution in [-0.4, -0.2) is 25.3 Å². The lowest BCUT2D eigenvalue weighted by Gasteiger charge is -2.15. The van der Waals surface area contributed by atoms with Crippen LogP contribution in [0.2, 0.25) is 0 Å². The normalized spacial score (nSPS) is 10.3. The van der Waals surface area contributed by atoms with E-state index in [9.17, 15) is 9.90 Å². The van der Waals surface area contributed by atoms with Gasteiger partial charge in [0.05, 0.1) is 19.8 Å². The Bertz CT molecular complexity index is 915. The van der Waals surface area contributed by atoms with Crippen LogP contribution in [0.15, 0.2) is 66.7 Å². The number of methoxy groups -OCH3 is 2. The first-order chi connectivity index (χ1) is 12.1. The summed E-state index contributed by atoms with van der Waals surface area (Å²) < 4.78 is 10.6. The predicted molar refractivity (Wildman–Crippen MR) is 97.4 cm³/mol. The predicted octanol–water partition coefficient (Wildman–Crippen LogP) is 4.74. The summed E-state index contributed by atoms with van der Waals surface area (Å²) in [6, 6.07) is 20.3. The highest BCUT2D eigenvalue weighted by molar-refractivity contribution is 6.01. The maximum absolute atomic E-state index is 11.8. The van der Waals surface area contributed by atoms with Crippen molar-refractivity contribution in [2.45, 2.75) is 0 Å². The number of hydrogen-bond donors (Lipinski definition) is 1. The lowest BCUT2D eigenvalue weighted by Crippen LogP contribution is -2.01. The van der Waals surface area contributed by atoms with Crippen LogP contribution < -0.4 is 9.47 Å². The van der Waals surface area contributed by atoms with Crippen LogP contribution in [-0.2, 0) is 0 Å². The molecule has 4 heteroatoms. The number of carbonyl (C=O) groups is 1. The van der Waals surface area contributed by atoms with Gasteiger partial charge in [-0.3, -0.25) is 0 Å². The fourth-order valence-corrected chi connectivity index (χ4v) is 2.85. The number of carboxylic acid groups (broad SMARTS) is 1. The van der Waals surface area contributed by atoms with E-state index in [0.717, 1.165) is 22.4 Å². The molecule has 0 aliphatic rings. The van der Waals surface area contributed by atoms with Gasteiger partial charge in [-0.1, -0.05) is 36.4 Å².